The smallest absolute Gasteiger partial charge is 0.131 e. The number of halogens is 1. The Bertz CT molecular complexity index is 442. The van der Waals surface area contributed by atoms with E-state index in [1.807, 2.05) is 6.20 Å². The maximum Gasteiger partial charge on any atom is 0.131 e. The van der Waals surface area contributed by atoms with Crippen LogP contribution in [0.3, 0.4) is 0 Å². The van der Waals surface area contributed by atoms with E-state index >= 15 is 0 Å². The summed E-state index contributed by atoms with van der Waals surface area (Å²) in [5.74, 6) is 1.19. The van der Waals surface area contributed by atoms with E-state index in [0.29, 0.717) is 5.41 Å². The Balaban J connectivity index is 1.69. The molecular weight excluding hydrogens is 300 g/mol. The Hall–Kier alpha value is -0.570. The zero-order valence-corrected chi connectivity index (χ0v) is 13.4. The summed E-state index contributed by atoms with van der Waals surface area (Å²) in [5, 5.41) is 0. The highest BCUT2D eigenvalue weighted by molar-refractivity contribution is 9.10. The van der Waals surface area contributed by atoms with Gasteiger partial charge in [-0.05, 0) is 65.6 Å². The molecule has 0 N–H and O–H groups in total. The van der Waals surface area contributed by atoms with E-state index in [9.17, 15) is 0 Å². The van der Waals surface area contributed by atoms with Crippen LogP contribution in [-0.4, -0.2) is 18.1 Å². The molecular formula is C16H23BrN2. The number of piperidine rings is 1. The van der Waals surface area contributed by atoms with Gasteiger partial charge in [0.1, 0.15) is 5.82 Å². The largest absolute Gasteiger partial charge is 0.356 e. The quantitative estimate of drug-likeness (QED) is 0.744. The molecule has 3 heteroatoms. The fraction of sp³-hybridized carbons (Fsp3) is 0.688. The van der Waals surface area contributed by atoms with Crippen molar-refractivity contribution in [3.63, 3.8) is 0 Å². The molecule has 0 aromatic carbocycles. The molecule has 0 bridgehead atoms. The highest BCUT2D eigenvalue weighted by Crippen LogP contribution is 2.45. The molecule has 104 valence electrons. The number of rotatable bonds is 1. The number of hydrogen-bond acceptors (Lipinski definition) is 2. The summed E-state index contributed by atoms with van der Waals surface area (Å²) in [6.07, 6.45) is 12.0. The molecule has 2 aliphatic rings. The number of anilines is 1. The molecule has 0 atom stereocenters. The van der Waals surface area contributed by atoms with Crippen molar-refractivity contribution in [2.75, 3.05) is 18.0 Å². The summed E-state index contributed by atoms with van der Waals surface area (Å²) in [6, 6.07) is 2.17. The topological polar surface area (TPSA) is 16.1 Å². The van der Waals surface area contributed by atoms with Gasteiger partial charge in [0, 0.05) is 23.8 Å². The molecule has 0 unspecified atom stereocenters. The fourth-order valence-electron chi connectivity index (χ4n) is 3.86. The van der Waals surface area contributed by atoms with Crippen LogP contribution in [0.5, 0.6) is 0 Å². The van der Waals surface area contributed by atoms with E-state index in [2.05, 4.69) is 38.8 Å². The van der Waals surface area contributed by atoms with E-state index in [1.165, 1.54) is 69.4 Å². The molecule has 2 nitrogen and oxygen atoms in total. The summed E-state index contributed by atoms with van der Waals surface area (Å²) < 4.78 is 1.08. The number of aromatic nitrogens is 1. The minimum atomic E-state index is 0.679. The lowest BCUT2D eigenvalue weighted by Crippen LogP contribution is -2.41. The lowest BCUT2D eigenvalue weighted by Gasteiger charge is -2.45. The van der Waals surface area contributed by atoms with Crippen LogP contribution in [0.15, 0.2) is 16.7 Å². The first kappa shape index (κ1) is 13.4. The molecule has 1 saturated carbocycles. The van der Waals surface area contributed by atoms with Crippen LogP contribution in [-0.2, 0) is 0 Å². The molecule has 19 heavy (non-hydrogen) atoms. The van der Waals surface area contributed by atoms with Gasteiger partial charge in [0.15, 0.2) is 0 Å². The monoisotopic (exact) mass is 322 g/mol. The van der Waals surface area contributed by atoms with Crippen molar-refractivity contribution in [1.29, 1.82) is 0 Å². The lowest BCUT2D eigenvalue weighted by atomic mass is 9.68. The summed E-state index contributed by atoms with van der Waals surface area (Å²) in [5.41, 5.74) is 1.96. The van der Waals surface area contributed by atoms with Crippen LogP contribution in [0.25, 0.3) is 0 Å². The summed E-state index contributed by atoms with van der Waals surface area (Å²) >= 11 is 3.50. The third kappa shape index (κ3) is 2.81. The number of pyridine rings is 1. The van der Waals surface area contributed by atoms with Crippen LogP contribution < -0.4 is 4.90 Å². The molecule has 1 aliphatic heterocycles. The van der Waals surface area contributed by atoms with E-state index in [-0.39, 0.29) is 0 Å². The number of aryl methyl sites for hydroxylation is 1. The van der Waals surface area contributed by atoms with E-state index < -0.39 is 0 Å². The van der Waals surface area contributed by atoms with Gasteiger partial charge in [0.2, 0.25) is 0 Å². The highest BCUT2D eigenvalue weighted by Gasteiger charge is 2.35. The zero-order valence-electron chi connectivity index (χ0n) is 11.8. The van der Waals surface area contributed by atoms with Crippen LogP contribution in [0, 0.1) is 12.3 Å². The van der Waals surface area contributed by atoms with Crippen molar-refractivity contribution >= 4 is 21.7 Å². The minimum Gasteiger partial charge on any atom is -0.356 e. The molecule has 3 rings (SSSR count). The summed E-state index contributed by atoms with van der Waals surface area (Å²) in [4.78, 5) is 7.10. The van der Waals surface area contributed by atoms with E-state index in [1.54, 1.807) is 0 Å². The predicted octanol–water partition coefficient (Wildman–Crippen LogP) is 4.70. The molecule has 0 amide bonds. The van der Waals surface area contributed by atoms with Gasteiger partial charge in [0.05, 0.1) is 0 Å². The predicted molar refractivity (Wildman–Crippen MR) is 83.6 cm³/mol. The van der Waals surface area contributed by atoms with Gasteiger partial charge in [-0.2, -0.15) is 0 Å². The number of hydrogen-bond donors (Lipinski definition) is 0. The molecule has 0 radical (unpaired) electrons. The molecule has 1 aliphatic carbocycles. The maximum atomic E-state index is 4.61. The average Bonchev–Trinajstić information content (AvgIpc) is 2.41. The van der Waals surface area contributed by atoms with Crippen molar-refractivity contribution in [2.24, 2.45) is 5.41 Å². The molecule has 2 fully saturated rings. The Morgan fingerprint density at radius 2 is 1.79 bits per heavy atom. The molecule has 1 aromatic heterocycles. The van der Waals surface area contributed by atoms with Crippen molar-refractivity contribution in [3.05, 3.63) is 22.3 Å². The second-order valence-corrected chi connectivity index (χ2v) is 7.26. The van der Waals surface area contributed by atoms with Gasteiger partial charge in [-0.25, -0.2) is 4.98 Å². The van der Waals surface area contributed by atoms with Crippen LogP contribution in [0.1, 0.15) is 50.5 Å². The maximum absolute atomic E-state index is 4.61. The Kier molecular flexibility index (Phi) is 3.84. The Morgan fingerprint density at radius 3 is 2.42 bits per heavy atom. The Morgan fingerprint density at radius 1 is 1.11 bits per heavy atom. The van der Waals surface area contributed by atoms with Gasteiger partial charge in [-0.1, -0.05) is 19.3 Å². The molecule has 2 heterocycles. The normalized spacial score (nSPS) is 22.7. The first-order chi connectivity index (χ1) is 9.19. The lowest BCUT2D eigenvalue weighted by molar-refractivity contribution is 0.144. The van der Waals surface area contributed by atoms with Crippen LogP contribution >= 0.6 is 15.9 Å². The standard InChI is InChI=1S/C16H23BrN2/c1-13-11-14(17)12-18-15(13)19-9-7-16(8-10-19)5-3-2-4-6-16/h11-12H,2-10H2,1H3. The Labute approximate surface area is 124 Å². The van der Waals surface area contributed by atoms with Gasteiger partial charge in [0.25, 0.3) is 0 Å². The summed E-state index contributed by atoms with van der Waals surface area (Å²) in [6.45, 7) is 4.54. The van der Waals surface area contributed by atoms with E-state index in [4.69, 9.17) is 0 Å². The SMILES string of the molecule is Cc1cc(Br)cnc1N1CCC2(CCCCC2)CC1. The zero-order chi connectivity index (χ0) is 13.3. The minimum absolute atomic E-state index is 0.679. The fourth-order valence-corrected chi connectivity index (χ4v) is 4.30. The van der Waals surface area contributed by atoms with Crippen molar-refractivity contribution in [1.82, 2.24) is 4.98 Å². The highest BCUT2D eigenvalue weighted by atomic mass is 79.9. The third-order valence-corrected chi connectivity index (χ3v) is 5.49. The van der Waals surface area contributed by atoms with Crippen LogP contribution in [0.4, 0.5) is 5.82 Å². The van der Waals surface area contributed by atoms with Gasteiger partial charge >= 0.3 is 0 Å². The molecule has 1 aromatic rings. The first-order valence-electron chi connectivity index (χ1n) is 7.56. The number of nitrogens with zero attached hydrogens (tertiary/aromatic N) is 2. The van der Waals surface area contributed by atoms with Crippen LogP contribution in [0.2, 0.25) is 0 Å². The second kappa shape index (κ2) is 5.43. The van der Waals surface area contributed by atoms with Gasteiger partial charge < -0.3 is 4.90 Å². The van der Waals surface area contributed by atoms with Crippen molar-refractivity contribution in [2.45, 2.75) is 51.9 Å². The average molecular weight is 323 g/mol. The third-order valence-electron chi connectivity index (χ3n) is 5.06. The molecule has 1 spiro atoms. The van der Waals surface area contributed by atoms with E-state index in [0.717, 1.165) is 4.47 Å². The van der Waals surface area contributed by atoms with Crippen molar-refractivity contribution < 1.29 is 0 Å². The van der Waals surface area contributed by atoms with Gasteiger partial charge in [-0.15, -0.1) is 0 Å². The first-order valence-corrected chi connectivity index (χ1v) is 8.35. The van der Waals surface area contributed by atoms with Gasteiger partial charge in [-0.3, -0.25) is 0 Å². The summed E-state index contributed by atoms with van der Waals surface area (Å²) in [7, 11) is 0. The van der Waals surface area contributed by atoms with Crippen molar-refractivity contribution in [3.8, 4) is 0 Å². The molecule has 1 saturated heterocycles. The second-order valence-electron chi connectivity index (χ2n) is 6.34.